The molecule has 0 spiro atoms. The first-order valence-corrected chi connectivity index (χ1v) is 6.29. The highest BCUT2D eigenvalue weighted by Gasteiger charge is 2.35. The second-order valence-electron chi connectivity index (χ2n) is 5.43. The lowest BCUT2D eigenvalue weighted by molar-refractivity contribution is -0.0192. The summed E-state index contributed by atoms with van der Waals surface area (Å²) in [7, 11) is 0. The number of piperidine rings is 1. The van der Waals surface area contributed by atoms with Crippen LogP contribution in [0, 0.1) is 5.92 Å². The Morgan fingerprint density at radius 3 is 2.60 bits per heavy atom. The number of rotatable bonds is 2. The monoisotopic (exact) mass is 212 g/mol. The first-order chi connectivity index (χ1) is 7.12. The molecule has 2 atom stereocenters. The van der Waals surface area contributed by atoms with Crippen LogP contribution in [0.4, 0.5) is 0 Å². The van der Waals surface area contributed by atoms with Gasteiger partial charge in [0, 0.05) is 25.7 Å². The van der Waals surface area contributed by atoms with Gasteiger partial charge in [0.05, 0.1) is 5.60 Å². The number of likely N-dealkylation sites (tertiary alicyclic amines) is 1. The Morgan fingerprint density at radius 1 is 1.33 bits per heavy atom. The van der Waals surface area contributed by atoms with Gasteiger partial charge in [0.25, 0.3) is 0 Å². The Bertz CT molecular complexity index is 208. The average molecular weight is 212 g/mol. The van der Waals surface area contributed by atoms with Crippen molar-refractivity contribution in [1.29, 1.82) is 0 Å². The fourth-order valence-corrected chi connectivity index (χ4v) is 2.90. The number of nitrogens with zero attached hydrogens (tertiary/aromatic N) is 1. The molecule has 2 rings (SSSR count). The molecule has 0 radical (unpaired) electrons. The highest BCUT2D eigenvalue weighted by Crippen LogP contribution is 2.27. The van der Waals surface area contributed by atoms with Gasteiger partial charge in [0.15, 0.2) is 0 Å². The third kappa shape index (κ3) is 2.52. The fraction of sp³-hybridized carbons (Fsp3) is 1.00. The van der Waals surface area contributed by atoms with Gasteiger partial charge in [-0.3, -0.25) is 4.90 Å². The number of hydrogen-bond acceptors (Lipinski definition) is 3. The van der Waals surface area contributed by atoms with E-state index in [-0.39, 0.29) is 0 Å². The molecule has 0 aromatic rings. The standard InChI is InChI=1S/C12H24N2O/c1-3-10-8-13-9-11(10)14-6-4-12(2,15)5-7-14/h10-11,13,15H,3-9H2,1-2H3. The Hall–Kier alpha value is -0.120. The van der Waals surface area contributed by atoms with E-state index >= 15 is 0 Å². The van der Waals surface area contributed by atoms with Crippen molar-refractivity contribution in [2.24, 2.45) is 5.92 Å². The lowest BCUT2D eigenvalue weighted by Crippen LogP contribution is -2.49. The van der Waals surface area contributed by atoms with Gasteiger partial charge in [-0.25, -0.2) is 0 Å². The average Bonchev–Trinajstić information content (AvgIpc) is 2.65. The lowest BCUT2D eigenvalue weighted by Gasteiger charge is -2.40. The van der Waals surface area contributed by atoms with Gasteiger partial charge in [-0.1, -0.05) is 13.3 Å². The fourth-order valence-electron chi connectivity index (χ4n) is 2.90. The largest absolute Gasteiger partial charge is 0.390 e. The number of hydrogen-bond donors (Lipinski definition) is 2. The zero-order chi connectivity index (χ0) is 10.9. The molecular weight excluding hydrogens is 188 g/mol. The van der Waals surface area contributed by atoms with E-state index in [1.807, 2.05) is 6.92 Å². The molecule has 2 aliphatic rings. The van der Waals surface area contributed by atoms with Gasteiger partial charge in [-0.15, -0.1) is 0 Å². The molecular formula is C12H24N2O. The van der Waals surface area contributed by atoms with E-state index in [4.69, 9.17) is 0 Å². The number of aliphatic hydroxyl groups is 1. The maximum Gasteiger partial charge on any atom is 0.0644 e. The van der Waals surface area contributed by atoms with E-state index in [1.165, 1.54) is 13.0 Å². The van der Waals surface area contributed by atoms with Crippen molar-refractivity contribution in [2.75, 3.05) is 26.2 Å². The SMILES string of the molecule is CCC1CNCC1N1CCC(C)(O)CC1. The van der Waals surface area contributed by atoms with Gasteiger partial charge >= 0.3 is 0 Å². The molecule has 88 valence electrons. The summed E-state index contributed by atoms with van der Waals surface area (Å²) in [4.78, 5) is 2.58. The van der Waals surface area contributed by atoms with E-state index in [0.717, 1.165) is 38.4 Å². The molecule has 15 heavy (non-hydrogen) atoms. The maximum atomic E-state index is 9.92. The van der Waals surface area contributed by atoms with Crippen LogP contribution in [-0.2, 0) is 0 Å². The minimum atomic E-state index is -0.412. The van der Waals surface area contributed by atoms with Crippen LogP contribution >= 0.6 is 0 Å². The summed E-state index contributed by atoms with van der Waals surface area (Å²) in [6, 6.07) is 0.714. The summed E-state index contributed by atoms with van der Waals surface area (Å²) in [5.74, 6) is 0.813. The minimum Gasteiger partial charge on any atom is -0.390 e. The molecule has 2 unspecified atom stereocenters. The molecule has 0 aromatic carbocycles. The normalized spacial score (nSPS) is 37.0. The molecule has 2 saturated heterocycles. The highest BCUT2D eigenvalue weighted by molar-refractivity contribution is 4.92. The predicted octanol–water partition coefficient (Wildman–Crippen LogP) is 0.831. The summed E-state index contributed by atoms with van der Waals surface area (Å²) < 4.78 is 0. The van der Waals surface area contributed by atoms with E-state index in [0.29, 0.717) is 6.04 Å². The van der Waals surface area contributed by atoms with Crippen molar-refractivity contribution in [2.45, 2.75) is 44.8 Å². The van der Waals surface area contributed by atoms with Gasteiger partial charge in [0.2, 0.25) is 0 Å². The third-order valence-corrected chi connectivity index (χ3v) is 4.17. The molecule has 2 heterocycles. The van der Waals surface area contributed by atoms with Gasteiger partial charge in [-0.2, -0.15) is 0 Å². The van der Waals surface area contributed by atoms with E-state index < -0.39 is 5.60 Å². The van der Waals surface area contributed by atoms with Crippen molar-refractivity contribution in [1.82, 2.24) is 10.2 Å². The molecule has 2 fully saturated rings. The van der Waals surface area contributed by atoms with Crippen LogP contribution in [0.1, 0.15) is 33.1 Å². The summed E-state index contributed by atoms with van der Waals surface area (Å²) in [6.07, 6.45) is 3.13. The van der Waals surface area contributed by atoms with E-state index in [1.54, 1.807) is 0 Å². The molecule has 3 nitrogen and oxygen atoms in total. The molecule has 0 amide bonds. The zero-order valence-electron chi connectivity index (χ0n) is 10.00. The minimum absolute atomic E-state index is 0.412. The maximum absolute atomic E-state index is 9.92. The van der Waals surface area contributed by atoms with Crippen LogP contribution in [0.3, 0.4) is 0 Å². The summed E-state index contributed by atoms with van der Waals surface area (Å²) in [6.45, 7) is 8.69. The molecule has 0 aromatic heterocycles. The van der Waals surface area contributed by atoms with Crippen LogP contribution in [0.25, 0.3) is 0 Å². The summed E-state index contributed by atoms with van der Waals surface area (Å²) in [5, 5.41) is 13.4. The number of nitrogens with one attached hydrogen (secondary N) is 1. The Morgan fingerprint density at radius 2 is 2.00 bits per heavy atom. The van der Waals surface area contributed by atoms with Crippen LogP contribution in [0.2, 0.25) is 0 Å². The molecule has 3 heteroatoms. The lowest BCUT2D eigenvalue weighted by atomic mass is 9.90. The van der Waals surface area contributed by atoms with Crippen molar-refractivity contribution >= 4 is 0 Å². The van der Waals surface area contributed by atoms with Crippen LogP contribution in [0.15, 0.2) is 0 Å². The molecule has 0 bridgehead atoms. The smallest absolute Gasteiger partial charge is 0.0644 e. The second-order valence-corrected chi connectivity index (χ2v) is 5.43. The van der Waals surface area contributed by atoms with Crippen LogP contribution in [-0.4, -0.2) is 47.8 Å². The molecule has 2 N–H and O–H groups in total. The van der Waals surface area contributed by atoms with Crippen LogP contribution in [0.5, 0.6) is 0 Å². The Balaban J connectivity index is 1.89. The first kappa shape index (κ1) is 11.4. The van der Waals surface area contributed by atoms with Gasteiger partial charge in [-0.05, 0) is 32.2 Å². The Kier molecular flexibility index (Phi) is 3.33. The highest BCUT2D eigenvalue weighted by atomic mass is 16.3. The van der Waals surface area contributed by atoms with Crippen molar-refractivity contribution in [3.63, 3.8) is 0 Å². The zero-order valence-corrected chi connectivity index (χ0v) is 10.00. The summed E-state index contributed by atoms with van der Waals surface area (Å²) >= 11 is 0. The third-order valence-electron chi connectivity index (χ3n) is 4.17. The van der Waals surface area contributed by atoms with E-state index in [9.17, 15) is 5.11 Å². The second kappa shape index (κ2) is 4.40. The van der Waals surface area contributed by atoms with Gasteiger partial charge < -0.3 is 10.4 Å². The predicted molar refractivity (Wildman–Crippen MR) is 61.9 cm³/mol. The first-order valence-electron chi connectivity index (χ1n) is 6.29. The van der Waals surface area contributed by atoms with Crippen LogP contribution < -0.4 is 5.32 Å². The Labute approximate surface area is 92.8 Å². The van der Waals surface area contributed by atoms with Gasteiger partial charge in [0.1, 0.15) is 0 Å². The molecule has 0 saturated carbocycles. The quantitative estimate of drug-likeness (QED) is 0.712. The summed E-state index contributed by atoms with van der Waals surface area (Å²) in [5.41, 5.74) is -0.412. The molecule has 2 aliphatic heterocycles. The van der Waals surface area contributed by atoms with E-state index in [2.05, 4.69) is 17.1 Å². The topological polar surface area (TPSA) is 35.5 Å². The van der Waals surface area contributed by atoms with Crippen molar-refractivity contribution in [3.8, 4) is 0 Å². The molecule has 0 aliphatic carbocycles. The van der Waals surface area contributed by atoms with Crippen molar-refractivity contribution < 1.29 is 5.11 Å². The van der Waals surface area contributed by atoms with Crippen molar-refractivity contribution in [3.05, 3.63) is 0 Å².